The molecule has 2 N–H and O–H groups in total. The maximum atomic E-state index is 13.1. The molecule has 0 spiro atoms. The summed E-state index contributed by atoms with van der Waals surface area (Å²) >= 11 is 6.04. The molecule has 5 nitrogen and oxygen atoms in total. The van der Waals surface area contributed by atoms with Crippen LogP contribution in [0, 0.1) is 5.82 Å². The first-order valence-electron chi connectivity index (χ1n) is 6.85. The lowest BCUT2D eigenvalue weighted by atomic mass is 10.2. The van der Waals surface area contributed by atoms with E-state index in [1.165, 1.54) is 12.1 Å². The van der Waals surface area contributed by atoms with Crippen LogP contribution in [0.4, 0.5) is 21.8 Å². The van der Waals surface area contributed by atoms with E-state index in [0.29, 0.717) is 17.5 Å². The summed E-state index contributed by atoms with van der Waals surface area (Å²) in [7, 11) is 1.74. The summed E-state index contributed by atoms with van der Waals surface area (Å²) in [6.45, 7) is 0. The van der Waals surface area contributed by atoms with Gasteiger partial charge in [0.1, 0.15) is 11.6 Å². The van der Waals surface area contributed by atoms with Crippen LogP contribution in [0.3, 0.4) is 0 Å². The van der Waals surface area contributed by atoms with Crippen LogP contribution in [0.15, 0.2) is 48.8 Å². The molecule has 7 heteroatoms. The summed E-state index contributed by atoms with van der Waals surface area (Å²) in [6, 6.07) is 9.64. The first-order chi connectivity index (χ1) is 11.2. The second-order valence-electron chi connectivity index (χ2n) is 4.70. The third-order valence-electron chi connectivity index (χ3n) is 3.12. The Kier molecular flexibility index (Phi) is 4.34. The molecule has 0 atom stereocenters. The van der Waals surface area contributed by atoms with Gasteiger partial charge in [-0.2, -0.15) is 4.98 Å². The standard InChI is InChI=1S/C16H13ClFN5/c1-19-16-22-14(10-4-6-20-7-5-10)9-15(23-16)21-13-3-2-11(18)8-12(13)17/h2-9H,1H3,(H2,19,21,22,23). The number of hydrogen-bond donors (Lipinski definition) is 2. The number of nitrogens with zero attached hydrogens (tertiary/aromatic N) is 3. The lowest BCUT2D eigenvalue weighted by Gasteiger charge is -2.11. The molecule has 23 heavy (non-hydrogen) atoms. The van der Waals surface area contributed by atoms with E-state index in [2.05, 4.69) is 25.6 Å². The molecule has 0 saturated heterocycles. The predicted molar refractivity (Wildman–Crippen MR) is 89.5 cm³/mol. The molecule has 116 valence electrons. The molecule has 0 amide bonds. The highest BCUT2D eigenvalue weighted by molar-refractivity contribution is 6.33. The Morgan fingerprint density at radius 2 is 1.83 bits per heavy atom. The lowest BCUT2D eigenvalue weighted by molar-refractivity contribution is 0.628. The minimum atomic E-state index is -0.392. The molecule has 3 rings (SSSR count). The van der Waals surface area contributed by atoms with Crippen molar-refractivity contribution in [3.05, 3.63) is 59.6 Å². The fraction of sp³-hybridized carbons (Fsp3) is 0.0625. The van der Waals surface area contributed by atoms with E-state index < -0.39 is 5.82 Å². The van der Waals surface area contributed by atoms with Gasteiger partial charge in [0, 0.05) is 31.1 Å². The number of rotatable bonds is 4. The van der Waals surface area contributed by atoms with Crippen LogP contribution in [-0.2, 0) is 0 Å². The van der Waals surface area contributed by atoms with E-state index in [1.54, 1.807) is 31.6 Å². The number of nitrogens with one attached hydrogen (secondary N) is 2. The minimum absolute atomic E-state index is 0.278. The summed E-state index contributed by atoms with van der Waals surface area (Å²) in [4.78, 5) is 12.7. The van der Waals surface area contributed by atoms with Gasteiger partial charge in [-0.3, -0.25) is 4.98 Å². The zero-order valence-corrected chi connectivity index (χ0v) is 13.0. The molecular formula is C16H13ClFN5. The van der Waals surface area contributed by atoms with Crippen LogP contribution >= 0.6 is 11.6 Å². The van der Waals surface area contributed by atoms with Crippen molar-refractivity contribution in [2.24, 2.45) is 0 Å². The van der Waals surface area contributed by atoms with Gasteiger partial charge in [-0.25, -0.2) is 9.37 Å². The van der Waals surface area contributed by atoms with E-state index in [1.807, 2.05) is 12.1 Å². The van der Waals surface area contributed by atoms with Crippen molar-refractivity contribution < 1.29 is 4.39 Å². The highest BCUT2D eigenvalue weighted by atomic mass is 35.5. The molecule has 0 aliphatic rings. The molecule has 1 aromatic carbocycles. The van der Waals surface area contributed by atoms with Gasteiger partial charge in [0.25, 0.3) is 0 Å². The molecule has 0 aliphatic heterocycles. The molecule has 3 aromatic rings. The smallest absolute Gasteiger partial charge is 0.224 e. The number of pyridine rings is 1. The van der Waals surface area contributed by atoms with Gasteiger partial charge in [-0.1, -0.05) is 11.6 Å². The zero-order valence-electron chi connectivity index (χ0n) is 12.2. The third kappa shape index (κ3) is 3.54. The van der Waals surface area contributed by atoms with E-state index >= 15 is 0 Å². The van der Waals surface area contributed by atoms with Crippen LogP contribution in [-0.4, -0.2) is 22.0 Å². The maximum Gasteiger partial charge on any atom is 0.224 e. The Labute approximate surface area is 137 Å². The zero-order chi connectivity index (χ0) is 16.2. The molecule has 0 bridgehead atoms. The molecule has 0 fully saturated rings. The van der Waals surface area contributed by atoms with Crippen LogP contribution in [0.1, 0.15) is 0 Å². The van der Waals surface area contributed by atoms with Gasteiger partial charge >= 0.3 is 0 Å². The van der Waals surface area contributed by atoms with Gasteiger partial charge in [-0.15, -0.1) is 0 Å². The quantitative estimate of drug-likeness (QED) is 0.754. The highest BCUT2D eigenvalue weighted by Gasteiger charge is 2.08. The predicted octanol–water partition coefficient (Wildman–Crippen LogP) is 4.12. The van der Waals surface area contributed by atoms with Gasteiger partial charge in [0.05, 0.1) is 16.4 Å². The summed E-state index contributed by atoms with van der Waals surface area (Å²) in [5.74, 6) is 0.612. The Morgan fingerprint density at radius 3 is 2.52 bits per heavy atom. The van der Waals surface area contributed by atoms with Crippen LogP contribution in [0.2, 0.25) is 5.02 Å². The van der Waals surface area contributed by atoms with Crippen LogP contribution in [0.25, 0.3) is 11.3 Å². The number of halogens is 2. The lowest BCUT2D eigenvalue weighted by Crippen LogP contribution is -2.02. The minimum Gasteiger partial charge on any atom is -0.357 e. The Hall–Kier alpha value is -2.73. The Balaban J connectivity index is 1.99. The topological polar surface area (TPSA) is 62.7 Å². The SMILES string of the molecule is CNc1nc(Nc2ccc(F)cc2Cl)cc(-c2ccncc2)n1. The molecular weight excluding hydrogens is 317 g/mol. The molecule has 0 aliphatic carbocycles. The number of aromatic nitrogens is 3. The van der Waals surface area contributed by atoms with E-state index in [9.17, 15) is 4.39 Å². The van der Waals surface area contributed by atoms with E-state index in [0.717, 1.165) is 11.3 Å². The van der Waals surface area contributed by atoms with Crippen molar-refractivity contribution in [2.75, 3.05) is 17.7 Å². The fourth-order valence-electron chi connectivity index (χ4n) is 2.02. The summed E-state index contributed by atoms with van der Waals surface area (Å²) < 4.78 is 13.1. The normalized spacial score (nSPS) is 10.4. The molecule has 0 saturated carbocycles. The van der Waals surface area contributed by atoms with E-state index in [-0.39, 0.29) is 5.02 Å². The summed E-state index contributed by atoms with van der Waals surface area (Å²) in [5, 5.41) is 6.27. The van der Waals surface area contributed by atoms with E-state index in [4.69, 9.17) is 11.6 Å². The molecule has 0 radical (unpaired) electrons. The van der Waals surface area contributed by atoms with Crippen molar-refractivity contribution in [2.45, 2.75) is 0 Å². The maximum absolute atomic E-state index is 13.1. The molecule has 2 heterocycles. The number of anilines is 3. The first-order valence-corrected chi connectivity index (χ1v) is 7.23. The summed E-state index contributed by atoms with van der Waals surface area (Å²) in [5.41, 5.74) is 2.20. The molecule has 0 unspecified atom stereocenters. The van der Waals surface area contributed by atoms with Gasteiger partial charge in [0.15, 0.2) is 0 Å². The molecule has 2 aromatic heterocycles. The van der Waals surface area contributed by atoms with Crippen molar-refractivity contribution in [1.82, 2.24) is 15.0 Å². The summed E-state index contributed by atoms with van der Waals surface area (Å²) in [6.07, 6.45) is 3.39. The third-order valence-corrected chi connectivity index (χ3v) is 3.43. The van der Waals surface area contributed by atoms with Crippen LogP contribution < -0.4 is 10.6 Å². The van der Waals surface area contributed by atoms with Gasteiger partial charge in [-0.05, 0) is 30.3 Å². The first kappa shape index (κ1) is 15.2. The van der Waals surface area contributed by atoms with Gasteiger partial charge in [0.2, 0.25) is 5.95 Å². The Bertz CT molecular complexity index is 826. The Morgan fingerprint density at radius 1 is 1.04 bits per heavy atom. The fourth-order valence-corrected chi connectivity index (χ4v) is 2.24. The number of benzene rings is 1. The van der Waals surface area contributed by atoms with Gasteiger partial charge < -0.3 is 10.6 Å². The second kappa shape index (κ2) is 6.58. The van der Waals surface area contributed by atoms with Crippen molar-refractivity contribution in [3.63, 3.8) is 0 Å². The second-order valence-corrected chi connectivity index (χ2v) is 5.10. The van der Waals surface area contributed by atoms with Crippen molar-refractivity contribution >= 4 is 29.1 Å². The monoisotopic (exact) mass is 329 g/mol. The largest absolute Gasteiger partial charge is 0.357 e. The number of hydrogen-bond acceptors (Lipinski definition) is 5. The highest BCUT2D eigenvalue weighted by Crippen LogP contribution is 2.27. The van der Waals surface area contributed by atoms with Crippen molar-refractivity contribution in [3.8, 4) is 11.3 Å². The average molecular weight is 330 g/mol. The van der Waals surface area contributed by atoms with Crippen LogP contribution in [0.5, 0.6) is 0 Å². The van der Waals surface area contributed by atoms with Crippen molar-refractivity contribution in [1.29, 1.82) is 0 Å². The average Bonchev–Trinajstić information content (AvgIpc) is 2.58.